The van der Waals surface area contributed by atoms with Gasteiger partial charge in [-0.25, -0.2) is 0 Å². The molecule has 0 bridgehead atoms. The lowest BCUT2D eigenvalue weighted by Gasteiger charge is -2.26. The van der Waals surface area contributed by atoms with Crippen LogP contribution in [0.5, 0.6) is 5.75 Å². The molecule has 3 nitrogen and oxygen atoms in total. The van der Waals surface area contributed by atoms with Crippen molar-refractivity contribution in [2.24, 2.45) is 11.7 Å². The summed E-state index contributed by atoms with van der Waals surface area (Å²) >= 11 is 0. The minimum absolute atomic E-state index is 0.556. The monoisotopic (exact) mass is 264 g/mol. The van der Waals surface area contributed by atoms with Crippen LogP contribution < -0.4 is 15.4 Å². The first-order valence-electron chi connectivity index (χ1n) is 6.98. The summed E-state index contributed by atoms with van der Waals surface area (Å²) in [5, 5.41) is 0. The molecule has 1 aromatic rings. The van der Waals surface area contributed by atoms with Gasteiger partial charge in [-0.2, -0.15) is 0 Å². The normalized spacial score (nSPS) is 12.4. The van der Waals surface area contributed by atoms with Crippen LogP contribution in [-0.4, -0.2) is 27.2 Å². The SMILES string of the molecule is COc1c(C)c(C)cc(C)c1N(C)CCC(C)CN. The molecule has 1 unspecified atom stereocenters. The molecule has 0 aliphatic heterocycles. The molecule has 0 aliphatic rings. The molecular formula is C16H28N2O. The predicted molar refractivity (Wildman–Crippen MR) is 83.3 cm³/mol. The molecule has 19 heavy (non-hydrogen) atoms. The van der Waals surface area contributed by atoms with Crippen molar-refractivity contribution in [1.29, 1.82) is 0 Å². The van der Waals surface area contributed by atoms with E-state index in [1.165, 1.54) is 22.4 Å². The smallest absolute Gasteiger partial charge is 0.145 e. The maximum Gasteiger partial charge on any atom is 0.145 e. The van der Waals surface area contributed by atoms with Gasteiger partial charge < -0.3 is 15.4 Å². The summed E-state index contributed by atoms with van der Waals surface area (Å²) in [6.07, 6.45) is 1.10. The lowest BCUT2D eigenvalue weighted by Crippen LogP contribution is -2.24. The lowest BCUT2D eigenvalue weighted by molar-refractivity contribution is 0.410. The number of rotatable bonds is 6. The summed E-state index contributed by atoms with van der Waals surface area (Å²) < 4.78 is 5.63. The van der Waals surface area contributed by atoms with Crippen molar-refractivity contribution in [2.45, 2.75) is 34.1 Å². The number of aryl methyl sites for hydroxylation is 2. The quantitative estimate of drug-likeness (QED) is 0.858. The summed E-state index contributed by atoms with van der Waals surface area (Å²) in [7, 11) is 3.88. The predicted octanol–water partition coefficient (Wildman–Crippen LogP) is 3.04. The van der Waals surface area contributed by atoms with Gasteiger partial charge in [0.2, 0.25) is 0 Å². The van der Waals surface area contributed by atoms with Crippen LogP contribution in [0, 0.1) is 26.7 Å². The van der Waals surface area contributed by atoms with Crippen LogP contribution in [0.1, 0.15) is 30.0 Å². The Bertz CT molecular complexity index is 429. The van der Waals surface area contributed by atoms with Gasteiger partial charge in [0, 0.05) is 13.6 Å². The van der Waals surface area contributed by atoms with Gasteiger partial charge in [-0.3, -0.25) is 0 Å². The largest absolute Gasteiger partial charge is 0.494 e. The molecule has 2 N–H and O–H groups in total. The summed E-state index contributed by atoms with van der Waals surface area (Å²) in [5.41, 5.74) is 10.7. The molecule has 0 amide bonds. The number of anilines is 1. The number of methoxy groups -OCH3 is 1. The second kappa shape index (κ2) is 6.80. The molecule has 0 saturated heterocycles. The van der Waals surface area contributed by atoms with E-state index in [2.05, 4.69) is 45.7 Å². The Balaban J connectivity index is 3.02. The summed E-state index contributed by atoms with van der Waals surface area (Å²) in [5.74, 6) is 1.56. The third-order valence-corrected chi connectivity index (χ3v) is 3.90. The molecule has 108 valence electrons. The van der Waals surface area contributed by atoms with Crippen LogP contribution in [0.15, 0.2) is 6.07 Å². The van der Waals surface area contributed by atoms with E-state index in [9.17, 15) is 0 Å². The fourth-order valence-corrected chi connectivity index (χ4v) is 2.40. The van der Waals surface area contributed by atoms with E-state index < -0.39 is 0 Å². The van der Waals surface area contributed by atoms with Crippen molar-refractivity contribution in [3.05, 3.63) is 22.8 Å². The minimum Gasteiger partial charge on any atom is -0.494 e. The highest BCUT2D eigenvalue weighted by atomic mass is 16.5. The van der Waals surface area contributed by atoms with Gasteiger partial charge in [0.25, 0.3) is 0 Å². The minimum atomic E-state index is 0.556. The first kappa shape index (κ1) is 15.8. The zero-order valence-corrected chi connectivity index (χ0v) is 13.2. The molecule has 0 fully saturated rings. The van der Waals surface area contributed by atoms with Gasteiger partial charge in [0.05, 0.1) is 12.8 Å². The molecule has 1 atom stereocenters. The first-order chi connectivity index (χ1) is 8.92. The molecule has 0 aromatic heterocycles. The molecule has 0 aliphatic carbocycles. The average molecular weight is 264 g/mol. The van der Waals surface area contributed by atoms with Gasteiger partial charge in [0.15, 0.2) is 0 Å². The number of ether oxygens (including phenoxy) is 1. The summed E-state index contributed by atoms with van der Waals surface area (Å²) in [4.78, 5) is 2.28. The fraction of sp³-hybridized carbons (Fsp3) is 0.625. The maximum absolute atomic E-state index is 5.68. The van der Waals surface area contributed by atoms with Gasteiger partial charge in [0.1, 0.15) is 5.75 Å². The zero-order valence-electron chi connectivity index (χ0n) is 13.2. The van der Waals surface area contributed by atoms with Crippen LogP contribution in [0.2, 0.25) is 0 Å². The van der Waals surface area contributed by atoms with Crippen molar-refractivity contribution in [3.63, 3.8) is 0 Å². The van der Waals surface area contributed by atoms with Gasteiger partial charge >= 0.3 is 0 Å². The van der Waals surface area contributed by atoms with E-state index in [1.807, 2.05) is 0 Å². The van der Waals surface area contributed by atoms with Crippen LogP contribution in [-0.2, 0) is 0 Å². The summed E-state index contributed by atoms with van der Waals surface area (Å²) in [6.45, 7) is 10.3. The Morgan fingerprint density at radius 2 is 1.89 bits per heavy atom. The Morgan fingerprint density at radius 1 is 1.26 bits per heavy atom. The highest BCUT2D eigenvalue weighted by Gasteiger charge is 2.16. The van der Waals surface area contributed by atoms with Crippen molar-refractivity contribution in [1.82, 2.24) is 0 Å². The Kier molecular flexibility index (Phi) is 5.67. The van der Waals surface area contributed by atoms with E-state index in [-0.39, 0.29) is 0 Å². The molecule has 1 aromatic carbocycles. The van der Waals surface area contributed by atoms with Gasteiger partial charge in [-0.05, 0) is 56.3 Å². The lowest BCUT2D eigenvalue weighted by atomic mass is 10.0. The number of hydrogen-bond donors (Lipinski definition) is 1. The standard InChI is InChI=1S/C16H28N2O/c1-11(10-17)7-8-18(5)15-13(3)9-12(2)14(4)16(15)19-6/h9,11H,7-8,10,17H2,1-6H3. The third kappa shape index (κ3) is 3.63. The van der Waals surface area contributed by atoms with E-state index in [4.69, 9.17) is 10.5 Å². The van der Waals surface area contributed by atoms with Crippen molar-refractivity contribution in [2.75, 3.05) is 32.1 Å². The Labute approximate surface area is 117 Å². The molecule has 0 spiro atoms. The van der Waals surface area contributed by atoms with E-state index in [0.717, 1.165) is 25.3 Å². The fourth-order valence-electron chi connectivity index (χ4n) is 2.40. The van der Waals surface area contributed by atoms with E-state index in [0.29, 0.717) is 5.92 Å². The topological polar surface area (TPSA) is 38.5 Å². The highest BCUT2D eigenvalue weighted by molar-refractivity contribution is 5.67. The average Bonchev–Trinajstić information content (AvgIpc) is 2.39. The Morgan fingerprint density at radius 3 is 2.42 bits per heavy atom. The van der Waals surface area contributed by atoms with E-state index in [1.54, 1.807) is 7.11 Å². The molecule has 0 heterocycles. The van der Waals surface area contributed by atoms with Crippen LogP contribution in [0.4, 0.5) is 5.69 Å². The van der Waals surface area contributed by atoms with Crippen molar-refractivity contribution >= 4 is 5.69 Å². The molecular weight excluding hydrogens is 236 g/mol. The molecule has 0 radical (unpaired) electrons. The third-order valence-electron chi connectivity index (χ3n) is 3.90. The number of nitrogens with two attached hydrogens (primary N) is 1. The van der Waals surface area contributed by atoms with Crippen LogP contribution in [0.25, 0.3) is 0 Å². The van der Waals surface area contributed by atoms with Gasteiger partial charge in [-0.1, -0.05) is 13.0 Å². The zero-order chi connectivity index (χ0) is 14.6. The van der Waals surface area contributed by atoms with Crippen LogP contribution >= 0.6 is 0 Å². The van der Waals surface area contributed by atoms with Crippen molar-refractivity contribution in [3.8, 4) is 5.75 Å². The molecule has 1 rings (SSSR count). The number of hydrogen-bond acceptors (Lipinski definition) is 3. The highest BCUT2D eigenvalue weighted by Crippen LogP contribution is 2.36. The molecule has 0 saturated carbocycles. The second-order valence-corrected chi connectivity index (χ2v) is 5.57. The second-order valence-electron chi connectivity index (χ2n) is 5.57. The Hall–Kier alpha value is -1.22. The summed E-state index contributed by atoms with van der Waals surface area (Å²) in [6, 6.07) is 2.23. The van der Waals surface area contributed by atoms with Gasteiger partial charge in [-0.15, -0.1) is 0 Å². The molecule has 3 heteroatoms. The number of nitrogens with zero attached hydrogens (tertiary/aromatic N) is 1. The van der Waals surface area contributed by atoms with E-state index >= 15 is 0 Å². The maximum atomic E-state index is 5.68. The van der Waals surface area contributed by atoms with Crippen LogP contribution in [0.3, 0.4) is 0 Å². The van der Waals surface area contributed by atoms with Crippen molar-refractivity contribution < 1.29 is 4.74 Å². The number of benzene rings is 1. The first-order valence-corrected chi connectivity index (χ1v) is 6.98.